The summed E-state index contributed by atoms with van der Waals surface area (Å²) < 4.78 is 1.94. The highest BCUT2D eigenvalue weighted by Gasteiger charge is 2.23. The van der Waals surface area contributed by atoms with Crippen molar-refractivity contribution in [2.24, 2.45) is 7.05 Å². The van der Waals surface area contributed by atoms with Crippen molar-refractivity contribution in [2.75, 3.05) is 0 Å². The Kier molecular flexibility index (Phi) is 5.00. The molecular weight excluding hydrogens is 308 g/mol. The Labute approximate surface area is 140 Å². The van der Waals surface area contributed by atoms with Gasteiger partial charge in [-0.2, -0.15) is 0 Å². The second kappa shape index (κ2) is 7.17. The number of nitrogens with one attached hydrogen (secondary N) is 1. The van der Waals surface area contributed by atoms with E-state index in [1.165, 1.54) is 24.6 Å². The van der Waals surface area contributed by atoms with E-state index in [0.29, 0.717) is 6.04 Å². The number of hydrogen-bond acceptors (Lipinski definition) is 4. The second-order valence-electron chi connectivity index (χ2n) is 5.98. The van der Waals surface area contributed by atoms with E-state index in [-0.39, 0.29) is 11.2 Å². The van der Waals surface area contributed by atoms with Crippen molar-refractivity contribution in [3.8, 4) is 11.4 Å². The minimum Gasteiger partial charge on any atom is -0.352 e. The van der Waals surface area contributed by atoms with Crippen LogP contribution in [0.3, 0.4) is 0 Å². The number of rotatable bonds is 5. The van der Waals surface area contributed by atoms with Crippen LogP contribution in [-0.4, -0.2) is 32.0 Å². The zero-order chi connectivity index (χ0) is 16.2. The van der Waals surface area contributed by atoms with Crippen LogP contribution in [0.1, 0.15) is 32.6 Å². The molecule has 1 fully saturated rings. The SMILES string of the molecule is CC(Sc1nnc(-c2ccccc2)n1C)C(=O)NC1CCCC1. The minimum absolute atomic E-state index is 0.0890. The van der Waals surface area contributed by atoms with Crippen LogP contribution in [0.2, 0.25) is 0 Å². The van der Waals surface area contributed by atoms with Crippen molar-refractivity contribution < 1.29 is 4.79 Å². The van der Waals surface area contributed by atoms with Gasteiger partial charge in [-0.3, -0.25) is 4.79 Å². The number of aromatic nitrogens is 3. The van der Waals surface area contributed by atoms with Gasteiger partial charge < -0.3 is 9.88 Å². The van der Waals surface area contributed by atoms with E-state index in [1.807, 2.05) is 48.9 Å². The summed E-state index contributed by atoms with van der Waals surface area (Å²) in [6, 6.07) is 10.3. The standard InChI is InChI=1S/C17H22N4OS/c1-12(16(22)18-14-10-6-7-11-14)23-17-20-19-15(21(17)2)13-8-4-3-5-9-13/h3-5,8-9,12,14H,6-7,10-11H2,1-2H3,(H,18,22). The summed E-state index contributed by atoms with van der Waals surface area (Å²) in [6.45, 7) is 1.92. The first-order chi connectivity index (χ1) is 11.1. The van der Waals surface area contributed by atoms with Crippen molar-refractivity contribution >= 4 is 17.7 Å². The molecule has 1 aliphatic carbocycles. The molecule has 1 aromatic heterocycles. The fraction of sp³-hybridized carbons (Fsp3) is 0.471. The Bertz CT molecular complexity index is 664. The van der Waals surface area contributed by atoms with Crippen molar-refractivity contribution in [1.82, 2.24) is 20.1 Å². The van der Waals surface area contributed by atoms with Crippen molar-refractivity contribution in [3.63, 3.8) is 0 Å². The molecule has 122 valence electrons. The molecule has 1 unspecified atom stereocenters. The fourth-order valence-corrected chi connectivity index (χ4v) is 3.68. The van der Waals surface area contributed by atoms with Crippen molar-refractivity contribution in [1.29, 1.82) is 0 Å². The Morgan fingerprint density at radius 3 is 2.65 bits per heavy atom. The highest BCUT2D eigenvalue weighted by Crippen LogP contribution is 2.26. The van der Waals surface area contributed by atoms with Crippen LogP contribution in [0, 0.1) is 0 Å². The highest BCUT2D eigenvalue weighted by molar-refractivity contribution is 8.00. The molecule has 1 saturated carbocycles. The van der Waals surface area contributed by atoms with E-state index >= 15 is 0 Å². The number of carbonyl (C=O) groups excluding carboxylic acids is 1. The van der Waals surface area contributed by atoms with Crippen LogP contribution in [0.5, 0.6) is 0 Å². The first-order valence-corrected chi connectivity index (χ1v) is 8.95. The number of nitrogens with zero attached hydrogens (tertiary/aromatic N) is 3. The van der Waals surface area contributed by atoms with Gasteiger partial charge in [-0.15, -0.1) is 10.2 Å². The monoisotopic (exact) mass is 330 g/mol. The smallest absolute Gasteiger partial charge is 0.233 e. The molecule has 1 N–H and O–H groups in total. The molecule has 0 aliphatic heterocycles. The van der Waals surface area contributed by atoms with Gasteiger partial charge in [0.25, 0.3) is 0 Å². The third kappa shape index (κ3) is 3.75. The van der Waals surface area contributed by atoms with E-state index in [1.54, 1.807) is 0 Å². The van der Waals surface area contributed by atoms with E-state index in [9.17, 15) is 4.79 Å². The molecule has 1 aliphatic rings. The minimum atomic E-state index is -0.179. The maximum Gasteiger partial charge on any atom is 0.233 e. The van der Waals surface area contributed by atoms with E-state index in [2.05, 4.69) is 15.5 Å². The molecule has 1 aromatic carbocycles. The second-order valence-corrected chi connectivity index (χ2v) is 7.29. The average Bonchev–Trinajstić information content (AvgIpc) is 3.19. The van der Waals surface area contributed by atoms with E-state index < -0.39 is 0 Å². The summed E-state index contributed by atoms with van der Waals surface area (Å²) >= 11 is 1.45. The van der Waals surface area contributed by atoms with Gasteiger partial charge in [0.1, 0.15) is 0 Å². The number of thioether (sulfide) groups is 1. The van der Waals surface area contributed by atoms with Gasteiger partial charge in [-0.1, -0.05) is 54.9 Å². The molecule has 0 spiro atoms. The maximum absolute atomic E-state index is 12.3. The predicted molar refractivity (Wildman–Crippen MR) is 92.2 cm³/mol. The van der Waals surface area contributed by atoms with Crippen LogP contribution in [-0.2, 0) is 11.8 Å². The lowest BCUT2D eigenvalue weighted by atomic mass is 10.2. The molecular formula is C17H22N4OS. The summed E-state index contributed by atoms with van der Waals surface area (Å²) in [6.07, 6.45) is 4.64. The molecule has 1 atom stereocenters. The Hall–Kier alpha value is -1.82. The molecule has 23 heavy (non-hydrogen) atoms. The topological polar surface area (TPSA) is 59.8 Å². The first-order valence-electron chi connectivity index (χ1n) is 8.07. The zero-order valence-corrected chi connectivity index (χ0v) is 14.3. The lowest BCUT2D eigenvalue weighted by molar-refractivity contribution is -0.120. The predicted octanol–water partition coefficient (Wildman–Crippen LogP) is 3.02. The third-order valence-corrected chi connectivity index (χ3v) is 5.35. The number of benzene rings is 1. The van der Waals surface area contributed by atoms with Gasteiger partial charge in [0, 0.05) is 18.7 Å². The normalized spacial score (nSPS) is 16.4. The van der Waals surface area contributed by atoms with Crippen molar-refractivity contribution in [2.45, 2.75) is 49.1 Å². The third-order valence-electron chi connectivity index (χ3n) is 4.22. The van der Waals surface area contributed by atoms with Crippen LogP contribution < -0.4 is 5.32 Å². The lowest BCUT2D eigenvalue weighted by Crippen LogP contribution is -2.37. The summed E-state index contributed by atoms with van der Waals surface area (Å²) in [5, 5.41) is 12.2. The largest absolute Gasteiger partial charge is 0.352 e. The number of hydrogen-bond donors (Lipinski definition) is 1. The van der Waals surface area contributed by atoms with Crippen LogP contribution in [0.25, 0.3) is 11.4 Å². The summed E-state index contributed by atoms with van der Waals surface area (Å²) in [5.41, 5.74) is 1.03. The Morgan fingerprint density at radius 1 is 1.26 bits per heavy atom. The lowest BCUT2D eigenvalue weighted by Gasteiger charge is -2.16. The molecule has 5 nitrogen and oxygen atoms in total. The van der Waals surface area contributed by atoms with Crippen LogP contribution in [0.15, 0.2) is 35.5 Å². The molecule has 2 aromatic rings. The van der Waals surface area contributed by atoms with Gasteiger partial charge in [0.2, 0.25) is 5.91 Å². The highest BCUT2D eigenvalue weighted by atomic mass is 32.2. The molecule has 3 rings (SSSR count). The van der Waals surface area contributed by atoms with Gasteiger partial charge in [-0.25, -0.2) is 0 Å². The van der Waals surface area contributed by atoms with Crippen molar-refractivity contribution in [3.05, 3.63) is 30.3 Å². The quantitative estimate of drug-likeness (QED) is 0.856. The van der Waals surface area contributed by atoms with Crippen LogP contribution in [0.4, 0.5) is 0 Å². The van der Waals surface area contributed by atoms with Gasteiger partial charge in [0.05, 0.1) is 5.25 Å². The van der Waals surface area contributed by atoms with E-state index in [0.717, 1.165) is 29.4 Å². The summed E-state index contributed by atoms with van der Waals surface area (Å²) in [7, 11) is 1.94. The molecule has 6 heteroatoms. The van der Waals surface area contributed by atoms with Gasteiger partial charge >= 0.3 is 0 Å². The maximum atomic E-state index is 12.3. The average molecular weight is 330 g/mol. The number of carbonyl (C=O) groups is 1. The Morgan fingerprint density at radius 2 is 1.96 bits per heavy atom. The zero-order valence-electron chi connectivity index (χ0n) is 13.5. The van der Waals surface area contributed by atoms with Crippen LogP contribution >= 0.6 is 11.8 Å². The van der Waals surface area contributed by atoms with Gasteiger partial charge in [0.15, 0.2) is 11.0 Å². The first kappa shape index (κ1) is 16.1. The summed E-state index contributed by atoms with van der Waals surface area (Å²) in [5.74, 6) is 0.905. The fourth-order valence-electron chi connectivity index (χ4n) is 2.86. The molecule has 1 heterocycles. The molecule has 0 saturated heterocycles. The van der Waals surface area contributed by atoms with E-state index in [4.69, 9.17) is 0 Å². The summed E-state index contributed by atoms with van der Waals surface area (Å²) in [4.78, 5) is 12.3. The molecule has 0 radical (unpaired) electrons. The Balaban J connectivity index is 1.66. The molecule has 1 amide bonds. The number of amides is 1. The van der Waals surface area contributed by atoms with Gasteiger partial charge in [-0.05, 0) is 19.8 Å². The molecule has 0 bridgehead atoms.